The number of halogens is 1. The summed E-state index contributed by atoms with van der Waals surface area (Å²) < 4.78 is 16.3. The molecule has 0 aliphatic heterocycles. The Morgan fingerprint density at radius 1 is 1.25 bits per heavy atom. The Labute approximate surface area is 148 Å². The summed E-state index contributed by atoms with van der Waals surface area (Å²) in [6.07, 6.45) is 0.223. The fourth-order valence-corrected chi connectivity index (χ4v) is 2.87. The van der Waals surface area contributed by atoms with Crippen LogP contribution in [0.5, 0.6) is 17.2 Å². The van der Waals surface area contributed by atoms with Gasteiger partial charge in [-0.3, -0.25) is 4.79 Å². The highest BCUT2D eigenvalue weighted by Crippen LogP contribution is 2.42. The molecule has 24 heavy (non-hydrogen) atoms. The van der Waals surface area contributed by atoms with Gasteiger partial charge < -0.3 is 19.5 Å². The molecule has 0 bridgehead atoms. The molecule has 0 aliphatic rings. The molecule has 1 N–H and O–H groups in total. The number of rotatable bonds is 8. The fourth-order valence-electron chi connectivity index (χ4n) is 1.95. The summed E-state index contributed by atoms with van der Waals surface area (Å²) in [5.74, 6) is 1.66. The molecule has 0 atom stereocenters. The third-order valence-corrected chi connectivity index (χ3v) is 4.07. The number of amides is 1. The SMILES string of the molecule is CCOc1c(OC)cc(-c2nnc(NC(=O)CCCl)s2)cc1OC. The Morgan fingerprint density at radius 3 is 2.46 bits per heavy atom. The number of methoxy groups -OCH3 is 2. The van der Waals surface area contributed by atoms with E-state index in [2.05, 4.69) is 15.5 Å². The molecule has 7 nitrogen and oxygen atoms in total. The average Bonchev–Trinajstić information content (AvgIpc) is 3.03. The molecule has 0 aliphatic carbocycles. The maximum atomic E-state index is 11.6. The second-order valence-corrected chi connectivity index (χ2v) is 5.90. The smallest absolute Gasteiger partial charge is 0.227 e. The van der Waals surface area contributed by atoms with Crippen LogP contribution in [0, 0.1) is 0 Å². The van der Waals surface area contributed by atoms with E-state index in [0.29, 0.717) is 34.0 Å². The molecule has 130 valence electrons. The Bertz CT molecular complexity index is 683. The first kappa shape index (κ1) is 18.3. The molecule has 0 spiro atoms. The number of ether oxygens (including phenoxy) is 3. The number of hydrogen-bond acceptors (Lipinski definition) is 7. The normalized spacial score (nSPS) is 10.3. The van der Waals surface area contributed by atoms with E-state index in [1.165, 1.54) is 11.3 Å². The summed E-state index contributed by atoms with van der Waals surface area (Å²) in [4.78, 5) is 11.6. The number of nitrogens with zero attached hydrogens (tertiary/aromatic N) is 2. The summed E-state index contributed by atoms with van der Waals surface area (Å²) in [6, 6.07) is 3.58. The van der Waals surface area contributed by atoms with Crippen molar-refractivity contribution >= 4 is 34.0 Å². The van der Waals surface area contributed by atoms with Crippen LogP contribution in [0.4, 0.5) is 5.13 Å². The average molecular weight is 372 g/mol. The maximum absolute atomic E-state index is 11.6. The van der Waals surface area contributed by atoms with E-state index >= 15 is 0 Å². The number of alkyl halides is 1. The van der Waals surface area contributed by atoms with Crippen LogP contribution in [-0.2, 0) is 4.79 Å². The lowest BCUT2D eigenvalue weighted by Gasteiger charge is -2.14. The maximum Gasteiger partial charge on any atom is 0.227 e. The summed E-state index contributed by atoms with van der Waals surface area (Å²) >= 11 is 6.79. The molecule has 1 heterocycles. The Kier molecular flexibility index (Phi) is 6.62. The topological polar surface area (TPSA) is 82.6 Å². The van der Waals surface area contributed by atoms with E-state index in [0.717, 1.165) is 5.56 Å². The van der Waals surface area contributed by atoms with Gasteiger partial charge in [0.2, 0.25) is 16.8 Å². The van der Waals surface area contributed by atoms with Crippen LogP contribution in [0.2, 0.25) is 0 Å². The summed E-state index contributed by atoms with van der Waals surface area (Å²) in [5.41, 5.74) is 0.752. The van der Waals surface area contributed by atoms with Gasteiger partial charge in [-0.2, -0.15) is 0 Å². The zero-order valence-electron chi connectivity index (χ0n) is 13.6. The first-order valence-corrected chi connectivity index (χ1v) is 8.56. The van der Waals surface area contributed by atoms with Gasteiger partial charge in [0.15, 0.2) is 11.5 Å². The number of anilines is 1. The summed E-state index contributed by atoms with van der Waals surface area (Å²) in [6.45, 7) is 2.37. The van der Waals surface area contributed by atoms with Crippen LogP contribution < -0.4 is 19.5 Å². The molecular weight excluding hydrogens is 354 g/mol. The van der Waals surface area contributed by atoms with Gasteiger partial charge in [0.1, 0.15) is 5.01 Å². The van der Waals surface area contributed by atoms with E-state index < -0.39 is 0 Å². The van der Waals surface area contributed by atoms with Gasteiger partial charge in [-0.25, -0.2) is 0 Å². The first-order valence-electron chi connectivity index (χ1n) is 7.21. The molecule has 1 amide bonds. The third kappa shape index (κ3) is 4.27. The number of aromatic nitrogens is 2. The molecule has 0 fully saturated rings. The van der Waals surface area contributed by atoms with Crippen LogP contribution in [0.3, 0.4) is 0 Å². The summed E-state index contributed by atoms with van der Waals surface area (Å²) in [5, 5.41) is 11.7. The van der Waals surface area contributed by atoms with Gasteiger partial charge in [0.05, 0.1) is 20.8 Å². The highest BCUT2D eigenvalue weighted by atomic mass is 35.5. The van der Waals surface area contributed by atoms with Gasteiger partial charge in [-0.05, 0) is 19.1 Å². The zero-order valence-corrected chi connectivity index (χ0v) is 15.2. The molecule has 0 unspecified atom stereocenters. The third-order valence-electron chi connectivity index (χ3n) is 2.99. The molecule has 0 saturated carbocycles. The Balaban J connectivity index is 2.32. The van der Waals surface area contributed by atoms with Crippen molar-refractivity contribution in [1.82, 2.24) is 10.2 Å². The number of hydrogen-bond donors (Lipinski definition) is 1. The standard InChI is InChI=1S/C15H18ClN3O4S/c1-4-23-13-10(21-2)7-9(8-11(13)22-3)14-18-19-15(24-14)17-12(20)5-6-16/h7-8H,4-6H2,1-3H3,(H,17,19,20). The van der Waals surface area contributed by atoms with Crippen molar-refractivity contribution in [3.05, 3.63) is 12.1 Å². The predicted molar refractivity (Wildman–Crippen MR) is 93.6 cm³/mol. The Hall–Kier alpha value is -2.06. The van der Waals surface area contributed by atoms with Crippen molar-refractivity contribution in [2.24, 2.45) is 0 Å². The van der Waals surface area contributed by atoms with Crippen molar-refractivity contribution in [3.8, 4) is 27.8 Å². The minimum atomic E-state index is -0.199. The number of benzene rings is 1. The van der Waals surface area contributed by atoms with E-state index in [9.17, 15) is 4.79 Å². The van der Waals surface area contributed by atoms with Crippen LogP contribution >= 0.6 is 22.9 Å². The van der Waals surface area contributed by atoms with E-state index in [-0.39, 0.29) is 18.2 Å². The quantitative estimate of drug-likeness (QED) is 0.717. The first-order chi connectivity index (χ1) is 11.6. The van der Waals surface area contributed by atoms with Crippen molar-refractivity contribution in [2.75, 3.05) is 32.0 Å². The van der Waals surface area contributed by atoms with E-state index in [1.807, 2.05) is 6.92 Å². The van der Waals surface area contributed by atoms with Crippen LogP contribution in [0.25, 0.3) is 10.6 Å². The number of nitrogens with one attached hydrogen (secondary N) is 1. The van der Waals surface area contributed by atoms with Crippen molar-refractivity contribution in [2.45, 2.75) is 13.3 Å². The monoisotopic (exact) mass is 371 g/mol. The largest absolute Gasteiger partial charge is 0.493 e. The minimum absolute atomic E-state index is 0.199. The lowest BCUT2D eigenvalue weighted by Crippen LogP contribution is -2.11. The highest BCUT2D eigenvalue weighted by Gasteiger charge is 2.17. The lowest BCUT2D eigenvalue weighted by molar-refractivity contribution is -0.115. The van der Waals surface area contributed by atoms with Crippen LogP contribution in [-0.4, -0.2) is 42.8 Å². The second kappa shape index (κ2) is 8.70. The molecule has 1 aromatic carbocycles. The highest BCUT2D eigenvalue weighted by molar-refractivity contribution is 7.18. The summed E-state index contributed by atoms with van der Waals surface area (Å²) in [7, 11) is 3.11. The van der Waals surface area contributed by atoms with Crippen molar-refractivity contribution < 1.29 is 19.0 Å². The minimum Gasteiger partial charge on any atom is -0.493 e. The zero-order chi connectivity index (χ0) is 17.5. The number of carbonyl (C=O) groups excluding carboxylic acids is 1. The second-order valence-electron chi connectivity index (χ2n) is 4.54. The van der Waals surface area contributed by atoms with Gasteiger partial charge in [0.25, 0.3) is 0 Å². The van der Waals surface area contributed by atoms with Gasteiger partial charge >= 0.3 is 0 Å². The van der Waals surface area contributed by atoms with Crippen molar-refractivity contribution in [1.29, 1.82) is 0 Å². The molecule has 0 saturated heterocycles. The van der Waals surface area contributed by atoms with Crippen molar-refractivity contribution in [3.63, 3.8) is 0 Å². The predicted octanol–water partition coefficient (Wildman–Crippen LogP) is 3.19. The van der Waals surface area contributed by atoms with Gasteiger partial charge in [-0.1, -0.05) is 11.3 Å². The lowest BCUT2D eigenvalue weighted by atomic mass is 10.2. The van der Waals surface area contributed by atoms with E-state index in [1.54, 1.807) is 26.4 Å². The molecule has 1 aromatic heterocycles. The molecule has 2 aromatic rings. The molecule has 9 heteroatoms. The van der Waals surface area contributed by atoms with Gasteiger partial charge in [0, 0.05) is 17.9 Å². The molecular formula is C15H18ClN3O4S. The fraction of sp³-hybridized carbons (Fsp3) is 0.400. The Morgan fingerprint density at radius 2 is 1.92 bits per heavy atom. The molecule has 0 radical (unpaired) electrons. The van der Waals surface area contributed by atoms with Crippen LogP contribution in [0.1, 0.15) is 13.3 Å². The number of carbonyl (C=O) groups is 1. The van der Waals surface area contributed by atoms with E-state index in [4.69, 9.17) is 25.8 Å². The van der Waals surface area contributed by atoms with Gasteiger partial charge in [-0.15, -0.1) is 21.8 Å². The molecule has 2 rings (SSSR count). The van der Waals surface area contributed by atoms with Crippen LogP contribution in [0.15, 0.2) is 12.1 Å².